The monoisotopic (exact) mass is 362 g/mol. The van der Waals surface area contributed by atoms with Crippen LogP contribution in [-0.4, -0.2) is 15.0 Å². The molecule has 0 amide bonds. The Morgan fingerprint density at radius 2 is 2.00 bits per heavy atom. The first-order valence-electron chi connectivity index (χ1n) is 6.53. The highest BCUT2D eigenvalue weighted by molar-refractivity contribution is 9.10. The van der Waals surface area contributed by atoms with Gasteiger partial charge >= 0.3 is 0 Å². The van der Waals surface area contributed by atoms with Crippen molar-refractivity contribution in [2.45, 2.75) is 26.2 Å². The van der Waals surface area contributed by atoms with E-state index in [1.54, 1.807) is 17.5 Å². The van der Waals surface area contributed by atoms with Crippen molar-refractivity contribution in [1.29, 1.82) is 0 Å². The van der Waals surface area contributed by atoms with E-state index >= 15 is 0 Å². The van der Waals surface area contributed by atoms with Crippen LogP contribution in [0.2, 0.25) is 0 Å². The number of anilines is 1. The van der Waals surface area contributed by atoms with Crippen LogP contribution in [0.25, 0.3) is 21.6 Å². The van der Waals surface area contributed by atoms with Gasteiger partial charge in [0.25, 0.3) is 0 Å². The Balaban J connectivity index is 2.20. The molecular formula is C15H15BrN4S. The molecule has 3 rings (SSSR count). The van der Waals surface area contributed by atoms with Gasteiger partial charge in [0.05, 0.1) is 20.4 Å². The predicted octanol–water partition coefficient (Wildman–Crippen LogP) is 4.40. The molecule has 108 valence electrons. The summed E-state index contributed by atoms with van der Waals surface area (Å²) in [6.07, 6.45) is 1.80. The van der Waals surface area contributed by atoms with Crippen molar-refractivity contribution in [3.63, 3.8) is 0 Å². The number of aromatic nitrogens is 3. The van der Waals surface area contributed by atoms with Crippen LogP contribution in [0.3, 0.4) is 0 Å². The Hall–Kier alpha value is -1.53. The number of nitrogens with zero attached hydrogens (tertiary/aromatic N) is 3. The van der Waals surface area contributed by atoms with Crippen molar-refractivity contribution >= 4 is 43.3 Å². The highest BCUT2D eigenvalue weighted by Gasteiger charge is 2.22. The molecule has 0 saturated heterocycles. The summed E-state index contributed by atoms with van der Waals surface area (Å²) < 4.78 is 1.89. The lowest BCUT2D eigenvalue weighted by Gasteiger charge is -2.20. The number of rotatable bonds is 1. The van der Waals surface area contributed by atoms with Crippen molar-refractivity contribution < 1.29 is 0 Å². The van der Waals surface area contributed by atoms with Crippen LogP contribution < -0.4 is 5.73 Å². The van der Waals surface area contributed by atoms with Crippen molar-refractivity contribution in [1.82, 2.24) is 15.0 Å². The number of halogens is 1. The Bertz CT molecular complexity index is 820. The number of hydrogen-bond acceptors (Lipinski definition) is 5. The standard InChI is InChI=1S/C15H15BrN4S/c1-15(2,3)12-11(16)13(17)20-14(19-12)8-6-10-9(18-7-8)4-5-21-10/h4-7H,1-3H3,(H2,17,19,20). The normalized spacial score (nSPS) is 12.0. The number of nitrogens with two attached hydrogens (primary N) is 1. The molecule has 3 aromatic heterocycles. The van der Waals surface area contributed by atoms with Crippen LogP contribution in [0, 0.1) is 0 Å². The smallest absolute Gasteiger partial charge is 0.163 e. The second-order valence-corrected chi connectivity index (χ2v) is 7.61. The fraction of sp³-hybridized carbons (Fsp3) is 0.267. The van der Waals surface area contributed by atoms with Crippen molar-refractivity contribution in [2.24, 2.45) is 0 Å². The van der Waals surface area contributed by atoms with Gasteiger partial charge in [0.15, 0.2) is 5.82 Å². The molecular weight excluding hydrogens is 348 g/mol. The number of pyridine rings is 1. The van der Waals surface area contributed by atoms with E-state index in [1.807, 2.05) is 11.4 Å². The minimum absolute atomic E-state index is 0.120. The minimum atomic E-state index is -0.120. The van der Waals surface area contributed by atoms with Gasteiger partial charge in [-0.1, -0.05) is 20.8 Å². The molecule has 0 aromatic carbocycles. The number of hydrogen-bond donors (Lipinski definition) is 1. The average molecular weight is 363 g/mol. The van der Waals surface area contributed by atoms with Crippen LogP contribution in [0.4, 0.5) is 5.82 Å². The molecule has 4 nitrogen and oxygen atoms in total. The molecule has 0 spiro atoms. The third kappa shape index (κ3) is 2.65. The summed E-state index contributed by atoms with van der Waals surface area (Å²) in [5.74, 6) is 1.07. The molecule has 0 aliphatic heterocycles. The zero-order valence-corrected chi connectivity index (χ0v) is 14.4. The van der Waals surface area contributed by atoms with Crippen molar-refractivity contribution in [3.05, 3.63) is 33.9 Å². The molecule has 0 aliphatic carbocycles. The van der Waals surface area contributed by atoms with Crippen molar-refractivity contribution in [2.75, 3.05) is 5.73 Å². The SMILES string of the molecule is CC(C)(C)c1nc(-c2cnc3ccsc3c2)nc(N)c1Br. The Labute approximate surface area is 135 Å². The van der Waals surface area contributed by atoms with Crippen LogP contribution in [-0.2, 0) is 5.41 Å². The largest absolute Gasteiger partial charge is 0.383 e. The third-order valence-corrected chi connectivity index (χ3v) is 4.78. The average Bonchev–Trinajstić information content (AvgIpc) is 2.87. The molecule has 2 N–H and O–H groups in total. The summed E-state index contributed by atoms with van der Waals surface area (Å²) in [5, 5.41) is 2.03. The Morgan fingerprint density at radius 3 is 2.71 bits per heavy atom. The van der Waals surface area contributed by atoms with Crippen LogP contribution in [0.15, 0.2) is 28.2 Å². The highest BCUT2D eigenvalue weighted by Crippen LogP contribution is 2.33. The van der Waals surface area contributed by atoms with Gasteiger partial charge in [0.2, 0.25) is 0 Å². The first-order valence-corrected chi connectivity index (χ1v) is 8.20. The van der Waals surface area contributed by atoms with Gasteiger partial charge in [-0.05, 0) is 33.4 Å². The number of fused-ring (bicyclic) bond motifs is 1. The number of nitrogen functional groups attached to an aromatic ring is 1. The molecule has 21 heavy (non-hydrogen) atoms. The van der Waals surface area contributed by atoms with E-state index in [9.17, 15) is 0 Å². The molecule has 0 unspecified atom stereocenters. The molecule has 3 aromatic rings. The summed E-state index contributed by atoms with van der Waals surface area (Å²) >= 11 is 5.15. The summed E-state index contributed by atoms with van der Waals surface area (Å²) in [7, 11) is 0. The lowest BCUT2D eigenvalue weighted by molar-refractivity contribution is 0.565. The van der Waals surface area contributed by atoms with E-state index in [4.69, 9.17) is 10.7 Å². The summed E-state index contributed by atoms with van der Waals surface area (Å²) in [6, 6.07) is 4.06. The van der Waals surface area contributed by atoms with Gasteiger partial charge in [-0.25, -0.2) is 9.97 Å². The second kappa shape index (κ2) is 5.03. The van der Waals surface area contributed by atoms with E-state index in [0.29, 0.717) is 11.6 Å². The molecule has 0 bridgehead atoms. The summed E-state index contributed by atoms with van der Waals surface area (Å²) in [6.45, 7) is 6.30. The summed E-state index contributed by atoms with van der Waals surface area (Å²) in [5.41, 5.74) is 8.69. The van der Waals surface area contributed by atoms with Crippen LogP contribution >= 0.6 is 27.3 Å². The van der Waals surface area contributed by atoms with Gasteiger partial charge in [0.1, 0.15) is 5.82 Å². The zero-order valence-electron chi connectivity index (χ0n) is 12.0. The molecule has 6 heteroatoms. The molecule has 0 atom stereocenters. The quantitative estimate of drug-likeness (QED) is 0.696. The van der Waals surface area contributed by atoms with E-state index in [1.165, 1.54) is 0 Å². The van der Waals surface area contributed by atoms with E-state index in [0.717, 1.165) is 25.9 Å². The van der Waals surface area contributed by atoms with Crippen molar-refractivity contribution in [3.8, 4) is 11.4 Å². The Kier molecular flexibility index (Phi) is 3.45. The summed E-state index contributed by atoms with van der Waals surface area (Å²) in [4.78, 5) is 13.5. The fourth-order valence-corrected chi connectivity index (χ4v) is 3.61. The van der Waals surface area contributed by atoms with Gasteiger partial charge < -0.3 is 5.73 Å². The molecule has 0 saturated carbocycles. The van der Waals surface area contributed by atoms with Crippen LogP contribution in [0.1, 0.15) is 26.5 Å². The van der Waals surface area contributed by atoms with Gasteiger partial charge in [-0.15, -0.1) is 11.3 Å². The minimum Gasteiger partial charge on any atom is -0.383 e. The van der Waals surface area contributed by atoms with E-state index < -0.39 is 0 Å². The van der Waals surface area contributed by atoms with Crippen LogP contribution in [0.5, 0.6) is 0 Å². The maximum atomic E-state index is 6.03. The predicted molar refractivity (Wildman–Crippen MR) is 91.5 cm³/mol. The zero-order chi connectivity index (χ0) is 15.2. The highest BCUT2D eigenvalue weighted by atomic mass is 79.9. The topological polar surface area (TPSA) is 64.7 Å². The first kappa shape index (κ1) is 14.4. The van der Waals surface area contributed by atoms with Gasteiger partial charge in [-0.3, -0.25) is 4.98 Å². The lowest BCUT2D eigenvalue weighted by atomic mass is 9.92. The number of thiophene rings is 1. The maximum Gasteiger partial charge on any atom is 0.163 e. The molecule has 0 radical (unpaired) electrons. The lowest BCUT2D eigenvalue weighted by Crippen LogP contribution is -2.17. The molecule has 3 heterocycles. The molecule has 0 fully saturated rings. The van der Waals surface area contributed by atoms with E-state index in [2.05, 4.69) is 52.7 Å². The second-order valence-electron chi connectivity index (χ2n) is 5.87. The van der Waals surface area contributed by atoms with E-state index in [-0.39, 0.29) is 5.41 Å². The third-order valence-electron chi connectivity index (χ3n) is 3.15. The Morgan fingerprint density at radius 1 is 1.24 bits per heavy atom. The first-order chi connectivity index (χ1) is 9.86. The maximum absolute atomic E-state index is 6.03. The van der Waals surface area contributed by atoms with Gasteiger partial charge in [-0.2, -0.15) is 0 Å². The fourth-order valence-electron chi connectivity index (χ4n) is 2.06. The van der Waals surface area contributed by atoms with Gasteiger partial charge in [0, 0.05) is 17.2 Å². The molecule has 0 aliphatic rings.